The SMILES string of the molecule is O=C1c2ccccc2Cc2[nH]ncc21. The van der Waals surface area contributed by atoms with Crippen LogP contribution in [0.5, 0.6) is 0 Å². The number of ketones is 1. The smallest absolute Gasteiger partial charge is 0.196 e. The first-order chi connectivity index (χ1) is 6.86. The second-order valence-electron chi connectivity index (χ2n) is 3.43. The number of carbonyl (C=O) groups excluding carboxylic acids is 1. The molecule has 3 heteroatoms. The van der Waals surface area contributed by atoms with Gasteiger partial charge in [-0.2, -0.15) is 5.10 Å². The molecule has 1 aliphatic rings. The number of H-pyrrole nitrogens is 1. The molecule has 0 saturated heterocycles. The number of fused-ring (bicyclic) bond motifs is 2. The van der Waals surface area contributed by atoms with Crippen molar-refractivity contribution in [3.8, 4) is 0 Å². The molecule has 0 amide bonds. The molecule has 0 atom stereocenters. The van der Waals surface area contributed by atoms with Gasteiger partial charge in [0.1, 0.15) is 0 Å². The van der Waals surface area contributed by atoms with Crippen LogP contribution >= 0.6 is 0 Å². The van der Waals surface area contributed by atoms with Crippen molar-refractivity contribution in [2.75, 3.05) is 0 Å². The number of nitrogens with one attached hydrogen (secondary N) is 1. The Morgan fingerprint density at radius 3 is 3.00 bits per heavy atom. The van der Waals surface area contributed by atoms with Crippen molar-refractivity contribution in [3.63, 3.8) is 0 Å². The summed E-state index contributed by atoms with van der Waals surface area (Å²) in [6, 6.07) is 7.69. The summed E-state index contributed by atoms with van der Waals surface area (Å²) in [7, 11) is 0. The minimum atomic E-state index is 0.0793. The zero-order valence-electron chi connectivity index (χ0n) is 7.45. The fourth-order valence-electron chi connectivity index (χ4n) is 1.87. The molecule has 1 N–H and O–H groups in total. The maximum atomic E-state index is 11.9. The van der Waals surface area contributed by atoms with Crippen LogP contribution in [0.2, 0.25) is 0 Å². The van der Waals surface area contributed by atoms with Gasteiger partial charge in [-0.05, 0) is 5.56 Å². The van der Waals surface area contributed by atoms with Crippen LogP contribution in [0.15, 0.2) is 30.5 Å². The molecule has 1 aromatic heterocycles. The van der Waals surface area contributed by atoms with Crippen LogP contribution in [0, 0.1) is 0 Å². The van der Waals surface area contributed by atoms with Gasteiger partial charge in [-0.3, -0.25) is 9.89 Å². The number of hydrogen-bond acceptors (Lipinski definition) is 2. The monoisotopic (exact) mass is 184 g/mol. The lowest BCUT2D eigenvalue weighted by Crippen LogP contribution is -2.13. The molecule has 1 heterocycles. The van der Waals surface area contributed by atoms with Crippen molar-refractivity contribution in [1.29, 1.82) is 0 Å². The molecule has 0 bridgehead atoms. The van der Waals surface area contributed by atoms with Crippen LogP contribution in [0.25, 0.3) is 0 Å². The minimum absolute atomic E-state index is 0.0793. The summed E-state index contributed by atoms with van der Waals surface area (Å²) in [6.45, 7) is 0. The normalized spacial score (nSPS) is 13.6. The van der Waals surface area contributed by atoms with E-state index in [0.29, 0.717) is 5.56 Å². The highest BCUT2D eigenvalue weighted by atomic mass is 16.1. The van der Waals surface area contributed by atoms with Crippen molar-refractivity contribution in [2.45, 2.75) is 6.42 Å². The average molecular weight is 184 g/mol. The van der Waals surface area contributed by atoms with Crippen LogP contribution < -0.4 is 0 Å². The van der Waals surface area contributed by atoms with E-state index in [1.54, 1.807) is 6.20 Å². The summed E-state index contributed by atoms with van der Waals surface area (Å²) in [5, 5.41) is 6.75. The van der Waals surface area contributed by atoms with Gasteiger partial charge in [0.25, 0.3) is 0 Å². The maximum absolute atomic E-state index is 11.9. The number of aromatic amines is 1. The van der Waals surface area contributed by atoms with Gasteiger partial charge in [-0.25, -0.2) is 0 Å². The van der Waals surface area contributed by atoms with Gasteiger partial charge < -0.3 is 0 Å². The zero-order chi connectivity index (χ0) is 9.54. The molecule has 14 heavy (non-hydrogen) atoms. The molecule has 0 radical (unpaired) electrons. The van der Waals surface area contributed by atoms with E-state index in [-0.39, 0.29) is 5.78 Å². The second-order valence-corrected chi connectivity index (χ2v) is 3.43. The lowest BCUT2D eigenvalue weighted by molar-refractivity contribution is 0.103. The van der Waals surface area contributed by atoms with E-state index in [1.165, 1.54) is 0 Å². The molecular formula is C11H8N2O. The molecule has 2 aromatic rings. The standard InChI is InChI=1S/C11H8N2O/c14-11-8-4-2-1-3-7(8)5-10-9(11)6-12-13-10/h1-4,6H,5H2,(H,12,13). The van der Waals surface area contributed by atoms with Gasteiger partial charge in [0.2, 0.25) is 0 Å². The number of carbonyl (C=O) groups is 1. The summed E-state index contributed by atoms with van der Waals surface area (Å²) in [6.07, 6.45) is 2.38. The van der Waals surface area contributed by atoms with Crippen molar-refractivity contribution >= 4 is 5.78 Å². The Morgan fingerprint density at radius 2 is 2.07 bits per heavy atom. The molecule has 0 saturated carbocycles. The van der Waals surface area contributed by atoms with E-state index >= 15 is 0 Å². The van der Waals surface area contributed by atoms with E-state index in [1.807, 2.05) is 24.3 Å². The quantitative estimate of drug-likeness (QED) is 0.576. The van der Waals surface area contributed by atoms with Crippen molar-refractivity contribution in [3.05, 3.63) is 52.8 Å². The van der Waals surface area contributed by atoms with E-state index < -0.39 is 0 Å². The van der Waals surface area contributed by atoms with Crippen LogP contribution in [-0.2, 0) is 6.42 Å². The Hall–Kier alpha value is -1.90. The lowest BCUT2D eigenvalue weighted by Gasteiger charge is -2.13. The molecule has 1 aliphatic carbocycles. The summed E-state index contributed by atoms with van der Waals surface area (Å²) < 4.78 is 0. The Bertz CT molecular complexity index is 514. The molecular weight excluding hydrogens is 176 g/mol. The highest BCUT2D eigenvalue weighted by Gasteiger charge is 2.23. The topological polar surface area (TPSA) is 45.8 Å². The average Bonchev–Trinajstić information content (AvgIpc) is 2.66. The minimum Gasteiger partial charge on any atom is -0.288 e. The summed E-state index contributed by atoms with van der Waals surface area (Å²) >= 11 is 0. The molecule has 0 aliphatic heterocycles. The van der Waals surface area contributed by atoms with Crippen molar-refractivity contribution < 1.29 is 4.79 Å². The summed E-state index contributed by atoms with van der Waals surface area (Å²) in [5.74, 6) is 0.0793. The van der Waals surface area contributed by atoms with Crippen LogP contribution in [0.4, 0.5) is 0 Å². The molecule has 0 spiro atoms. The molecule has 3 nitrogen and oxygen atoms in total. The predicted molar refractivity (Wildman–Crippen MR) is 51.3 cm³/mol. The third-order valence-electron chi connectivity index (χ3n) is 2.59. The Balaban J connectivity index is 2.26. The Morgan fingerprint density at radius 1 is 1.21 bits per heavy atom. The molecule has 0 fully saturated rings. The van der Waals surface area contributed by atoms with Gasteiger partial charge in [-0.1, -0.05) is 24.3 Å². The third kappa shape index (κ3) is 0.865. The van der Waals surface area contributed by atoms with E-state index in [0.717, 1.165) is 23.2 Å². The number of rotatable bonds is 0. The number of benzene rings is 1. The molecule has 68 valence electrons. The highest BCUT2D eigenvalue weighted by molar-refractivity contribution is 6.11. The van der Waals surface area contributed by atoms with Crippen LogP contribution in [-0.4, -0.2) is 16.0 Å². The van der Waals surface area contributed by atoms with E-state index in [4.69, 9.17) is 0 Å². The fraction of sp³-hybridized carbons (Fsp3) is 0.0909. The maximum Gasteiger partial charge on any atom is 0.196 e. The van der Waals surface area contributed by atoms with Gasteiger partial charge in [-0.15, -0.1) is 0 Å². The number of aromatic nitrogens is 2. The number of nitrogens with zero attached hydrogens (tertiary/aromatic N) is 1. The first-order valence-corrected chi connectivity index (χ1v) is 4.51. The van der Waals surface area contributed by atoms with Crippen LogP contribution in [0.1, 0.15) is 27.2 Å². The zero-order valence-corrected chi connectivity index (χ0v) is 7.45. The first-order valence-electron chi connectivity index (χ1n) is 4.51. The van der Waals surface area contributed by atoms with E-state index in [9.17, 15) is 4.79 Å². The predicted octanol–water partition coefficient (Wildman–Crippen LogP) is 1.54. The Kier molecular flexibility index (Phi) is 1.36. The van der Waals surface area contributed by atoms with Gasteiger partial charge >= 0.3 is 0 Å². The first kappa shape index (κ1) is 7.50. The van der Waals surface area contributed by atoms with E-state index in [2.05, 4.69) is 10.2 Å². The number of hydrogen-bond donors (Lipinski definition) is 1. The molecule has 0 unspecified atom stereocenters. The second kappa shape index (κ2) is 2.54. The molecule has 3 rings (SSSR count). The van der Waals surface area contributed by atoms with Gasteiger partial charge in [0.15, 0.2) is 5.78 Å². The highest BCUT2D eigenvalue weighted by Crippen LogP contribution is 2.24. The van der Waals surface area contributed by atoms with Crippen LogP contribution in [0.3, 0.4) is 0 Å². The molecule has 1 aromatic carbocycles. The third-order valence-corrected chi connectivity index (χ3v) is 2.59. The summed E-state index contributed by atoms with van der Waals surface area (Å²) in [4.78, 5) is 11.9. The van der Waals surface area contributed by atoms with Crippen molar-refractivity contribution in [2.24, 2.45) is 0 Å². The largest absolute Gasteiger partial charge is 0.288 e. The van der Waals surface area contributed by atoms with Gasteiger partial charge in [0, 0.05) is 12.0 Å². The summed E-state index contributed by atoms with van der Waals surface area (Å²) in [5.41, 5.74) is 3.52. The van der Waals surface area contributed by atoms with Crippen molar-refractivity contribution in [1.82, 2.24) is 10.2 Å². The lowest BCUT2D eigenvalue weighted by atomic mass is 9.89. The fourth-order valence-corrected chi connectivity index (χ4v) is 1.87. The Labute approximate surface area is 80.8 Å². The van der Waals surface area contributed by atoms with Gasteiger partial charge in [0.05, 0.1) is 17.5 Å².